The molecule has 0 aliphatic heterocycles. The van der Waals surface area contributed by atoms with Crippen LogP contribution in [-0.4, -0.2) is 79.0 Å². The number of aliphatic hydroxyl groups is 7. The van der Waals surface area contributed by atoms with E-state index < -0.39 is 18.3 Å². The smallest absolute Gasteiger partial charge is 0.134 e. The van der Waals surface area contributed by atoms with Crippen LogP contribution in [0.25, 0.3) is 94.4 Å². The van der Waals surface area contributed by atoms with Gasteiger partial charge in [-0.1, -0.05) is 304 Å². The zero-order valence-electron chi connectivity index (χ0n) is 86.4. The zero-order valence-corrected chi connectivity index (χ0v) is 96.0. The van der Waals surface area contributed by atoms with Gasteiger partial charge in [-0.05, 0) is 187 Å². The molecule has 0 aliphatic carbocycles. The van der Waals surface area contributed by atoms with Gasteiger partial charge in [0.1, 0.15) is 11.5 Å². The van der Waals surface area contributed by atoms with Gasteiger partial charge in [0.2, 0.25) is 0 Å². The third-order valence-corrected chi connectivity index (χ3v) is 23.0. The van der Waals surface area contributed by atoms with Gasteiger partial charge in [0.05, 0.1) is 57.7 Å². The summed E-state index contributed by atoms with van der Waals surface area (Å²) in [6, 6.07) is 71.1. The summed E-state index contributed by atoms with van der Waals surface area (Å²) >= 11 is 0. The van der Waals surface area contributed by atoms with E-state index in [2.05, 4.69) is 334 Å². The van der Waals surface area contributed by atoms with E-state index in [1.54, 1.807) is 37.4 Å². The Labute approximate surface area is 871 Å². The van der Waals surface area contributed by atoms with Crippen LogP contribution >= 0.6 is 0 Å². The maximum Gasteiger partial charge on any atom is 0.134 e. The molecule has 0 spiro atoms. The molecule has 0 saturated heterocycles. The van der Waals surface area contributed by atoms with Gasteiger partial charge in [0.25, 0.3) is 0 Å². The first-order valence-corrected chi connectivity index (χ1v) is 47.2. The second kappa shape index (κ2) is 60.2. The quantitative estimate of drug-likeness (QED) is 0.0250. The minimum atomic E-state index is -0.537. The summed E-state index contributed by atoms with van der Waals surface area (Å²) in [5.74, 6) is 4.50. The van der Waals surface area contributed by atoms with Crippen LogP contribution in [-0.2, 0) is 106 Å². The van der Waals surface area contributed by atoms with Crippen molar-refractivity contribution in [2.45, 2.75) is 265 Å². The normalized spacial score (nSPS) is 11.9. The second-order valence-electron chi connectivity index (χ2n) is 38.7. The number of benzene rings is 8. The van der Waals surface area contributed by atoms with Crippen molar-refractivity contribution in [3.63, 3.8) is 0 Å². The van der Waals surface area contributed by atoms with Gasteiger partial charge in [0, 0.05) is 121 Å². The number of aryl methyl sites for hydroxylation is 8. The van der Waals surface area contributed by atoms with Crippen LogP contribution in [0.15, 0.2) is 212 Å². The Kier molecular flexibility index (Phi) is 54.6. The van der Waals surface area contributed by atoms with Crippen LogP contribution in [0.4, 0.5) is 0 Å². The molecule has 0 fully saturated rings. The van der Waals surface area contributed by atoms with Gasteiger partial charge in [-0.25, -0.2) is 0 Å². The molecule has 0 bridgehead atoms. The monoisotopic (exact) mass is 2550 g/mol. The molecule has 136 heavy (non-hydrogen) atoms. The first-order chi connectivity index (χ1) is 62.1. The fourth-order valence-corrected chi connectivity index (χ4v) is 15.0. The molecule has 0 saturated carbocycles. The van der Waals surface area contributed by atoms with E-state index in [0.717, 1.165) is 92.8 Å². The Morgan fingerprint density at radius 2 is 0.647 bits per heavy atom. The number of hydrogen-bond acceptors (Lipinski definition) is 12. The van der Waals surface area contributed by atoms with E-state index in [0.29, 0.717) is 59.8 Å². The van der Waals surface area contributed by atoms with Crippen molar-refractivity contribution in [3.8, 4) is 45.0 Å². The summed E-state index contributed by atoms with van der Waals surface area (Å²) in [6.45, 7) is 66.0. The number of nitrogens with zero attached hydrogens (tertiary/aromatic N) is 5. The second-order valence-corrected chi connectivity index (χ2v) is 38.7. The van der Waals surface area contributed by atoms with Crippen LogP contribution in [0.3, 0.4) is 0 Å². The molecule has 740 valence electrons. The van der Waals surface area contributed by atoms with Crippen molar-refractivity contribution in [2.75, 3.05) is 0 Å². The Hall–Kier alpha value is -8.81. The summed E-state index contributed by atoms with van der Waals surface area (Å²) in [5, 5.41) is 68.2. The van der Waals surface area contributed by atoms with Gasteiger partial charge in [-0.15, -0.1) is 138 Å². The third kappa shape index (κ3) is 40.2. The number of aromatic nitrogens is 5. The van der Waals surface area contributed by atoms with Crippen LogP contribution in [0, 0.1) is 155 Å². The standard InChI is InChI=1S/4C22H24N.C11H22O2.C9H18O2.C7H7NO.C5H10O2.4Ir/c4*1-14(2)11-18-7-6-8-22-20(18)9-10-21(23-22)19-12-15(3)17(5)16(4)13-19;1-8(2)5-10(12)7-11(13)6-9(3)4;1-6(2)8(10)5-9(11)7(3)4;1-6(9)7-4-2-3-5-8-7;1-4(6)3-5(2)7;;;;/h4*6-10,12,14H,11H2,1-5H3;7-10,12-13H,5-6H2,1-4H3;5-8,10-11H,1-4H3;2-5,9H,1H2;3-4,6-7H,1-2H3;;;;/q4*-1;;;;;;;;. The molecule has 7 N–H and O–H groups in total. The van der Waals surface area contributed by atoms with Crippen molar-refractivity contribution in [2.24, 2.45) is 47.3 Å². The van der Waals surface area contributed by atoms with Gasteiger partial charge < -0.3 is 35.7 Å². The Morgan fingerprint density at radius 1 is 0.353 bits per heavy atom. The minimum Gasteiger partial charge on any atom is -0.513 e. The predicted molar refractivity (Wildman–Crippen MR) is 561 cm³/mol. The van der Waals surface area contributed by atoms with Crippen molar-refractivity contribution in [3.05, 3.63) is 331 Å². The molecule has 0 aliphatic rings. The maximum atomic E-state index is 9.47. The van der Waals surface area contributed by atoms with Gasteiger partial charge >= 0.3 is 0 Å². The number of allylic oxidation sites excluding steroid dienone is 3. The number of fused-ring (bicyclic) bond motifs is 4. The predicted octanol–water partition coefficient (Wildman–Crippen LogP) is 30.7. The van der Waals surface area contributed by atoms with E-state index in [4.69, 9.17) is 35.3 Å². The zero-order chi connectivity index (χ0) is 98.2. The molecular formula is C120H153Ir4N5O7-4. The molecule has 8 aromatic carbocycles. The van der Waals surface area contributed by atoms with Crippen molar-refractivity contribution in [1.82, 2.24) is 24.9 Å². The SMILES string of the molecule is C=C(O)c1ccccn1.CC(C)C(O)=CC(O)C(C)C.CC(C)CC(O)=CC(O)CC(C)C.CC(O)=CC(C)O.Cc1[c-]c(-c2ccc3c(CC(C)C)cccc3n2)cc(C)c1C.Cc1[c-]c(-c2ccc3c(CC(C)C)cccc3n2)cc(C)c1C.Cc1[c-]c(-c2ccc3c(CC(C)C)cccc3n2)cc(C)c1C.Cc1[c-]c(-c2ccc3c(CC(C)C)cccc3n2)cc(C)c1C.[Ir].[Ir].[Ir].[Ir]. The Morgan fingerprint density at radius 3 is 0.846 bits per heavy atom. The van der Waals surface area contributed by atoms with E-state index >= 15 is 0 Å². The molecule has 3 unspecified atom stereocenters. The number of hydrogen-bond donors (Lipinski definition) is 7. The van der Waals surface area contributed by atoms with Crippen molar-refractivity contribution >= 4 is 49.4 Å². The van der Waals surface area contributed by atoms with E-state index in [1.165, 1.54) is 130 Å². The van der Waals surface area contributed by atoms with Crippen molar-refractivity contribution < 1.29 is 116 Å². The van der Waals surface area contributed by atoms with E-state index in [-0.39, 0.29) is 110 Å². The van der Waals surface area contributed by atoms with E-state index in [1.807, 2.05) is 41.5 Å². The molecule has 4 radical (unpaired) electrons. The van der Waals surface area contributed by atoms with E-state index in [9.17, 15) is 20.4 Å². The molecule has 16 heteroatoms. The van der Waals surface area contributed by atoms with Crippen LogP contribution in [0.2, 0.25) is 0 Å². The molecule has 13 rings (SSSR count). The van der Waals surface area contributed by atoms with Crippen molar-refractivity contribution in [1.29, 1.82) is 0 Å². The average Bonchev–Trinajstić information content (AvgIpc) is 0.805. The summed E-state index contributed by atoms with van der Waals surface area (Å²) < 4.78 is 0. The summed E-state index contributed by atoms with van der Waals surface area (Å²) in [7, 11) is 0. The first-order valence-electron chi connectivity index (χ1n) is 47.2. The molecule has 12 nitrogen and oxygen atoms in total. The summed E-state index contributed by atoms with van der Waals surface area (Å²) in [5.41, 5.74) is 34.0. The fraction of sp³-hybridized carbons (Fsp3) is 0.392. The first kappa shape index (κ1) is 123. The van der Waals surface area contributed by atoms with Crippen LogP contribution < -0.4 is 0 Å². The number of aliphatic hydroxyl groups excluding tert-OH is 7. The molecule has 0 amide bonds. The molecule has 5 aromatic heterocycles. The maximum absolute atomic E-state index is 9.47. The number of rotatable bonds is 22. The average molecular weight is 2550 g/mol. The molecule has 3 atom stereocenters. The Balaban J connectivity index is 0.000000539. The van der Waals surface area contributed by atoms with Crippen LogP contribution in [0.5, 0.6) is 0 Å². The van der Waals surface area contributed by atoms with Gasteiger partial charge in [-0.2, -0.15) is 0 Å². The van der Waals surface area contributed by atoms with Gasteiger partial charge in [0.15, 0.2) is 0 Å². The fourth-order valence-electron chi connectivity index (χ4n) is 15.0. The molecular weight excluding hydrogens is 2390 g/mol. The Bertz CT molecular complexity index is 5350. The summed E-state index contributed by atoms with van der Waals surface area (Å²) in [6.07, 6.45) is 10.2. The van der Waals surface area contributed by atoms with Crippen LogP contribution in [0.1, 0.15) is 232 Å². The van der Waals surface area contributed by atoms with Gasteiger partial charge in [-0.3, -0.25) is 24.9 Å². The minimum absolute atomic E-state index is 0. The topological polar surface area (TPSA) is 206 Å². The largest absolute Gasteiger partial charge is 0.513 e. The molecule has 13 aromatic rings. The third-order valence-electron chi connectivity index (χ3n) is 23.0. The summed E-state index contributed by atoms with van der Waals surface area (Å²) in [4.78, 5) is 23.4. The molecule has 5 heterocycles. The number of pyridine rings is 5.